The van der Waals surface area contributed by atoms with Crippen LogP contribution in [0.2, 0.25) is 0 Å². The maximum Gasteiger partial charge on any atom is 0.162 e. The standard InChI is InChI=1S/C17H24FNO/c1-2-11-19(13-14-5-6-14)12-3-4-17(20)15-7-9-16(18)10-8-15/h7-10,14H,2-6,11-13H2,1H3. The normalized spacial score (nSPS) is 14.8. The summed E-state index contributed by atoms with van der Waals surface area (Å²) in [6.45, 7) is 5.51. The van der Waals surface area contributed by atoms with Crippen LogP contribution in [0.4, 0.5) is 4.39 Å². The fourth-order valence-corrected chi connectivity index (χ4v) is 2.52. The van der Waals surface area contributed by atoms with E-state index >= 15 is 0 Å². The van der Waals surface area contributed by atoms with E-state index in [1.807, 2.05) is 0 Å². The van der Waals surface area contributed by atoms with Crippen LogP contribution in [0.25, 0.3) is 0 Å². The highest BCUT2D eigenvalue weighted by Gasteiger charge is 2.23. The first kappa shape index (κ1) is 15.2. The van der Waals surface area contributed by atoms with Gasteiger partial charge >= 0.3 is 0 Å². The van der Waals surface area contributed by atoms with Gasteiger partial charge in [0, 0.05) is 18.5 Å². The molecule has 0 atom stereocenters. The Morgan fingerprint density at radius 3 is 2.55 bits per heavy atom. The average molecular weight is 277 g/mol. The van der Waals surface area contributed by atoms with E-state index < -0.39 is 0 Å². The van der Waals surface area contributed by atoms with E-state index in [2.05, 4.69) is 11.8 Å². The van der Waals surface area contributed by atoms with Crippen molar-refractivity contribution < 1.29 is 9.18 Å². The molecular weight excluding hydrogens is 253 g/mol. The zero-order valence-electron chi connectivity index (χ0n) is 12.3. The third-order valence-corrected chi connectivity index (χ3v) is 3.80. The Hall–Kier alpha value is -1.22. The number of hydrogen-bond acceptors (Lipinski definition) is 2. The molecule has 1 fully saturated rings. The molecule has 2 rings (SSSR count). The highest BCUT2D eigenvalue weighted by Crippen LogP contribution is 2.29. The highest BCUT2D eigenvalue weighted by atomic mass is 19.1. The van der Waals surface area contributed by atoms with E-state index in [1.165, 1.54) is 37.9 Å². The zero-order chi connectivity index (χ0) is 14.4. The molecule has 1 saturated carbocycles. The lowest BCUT2D eigenvalue weighted by Crippen LogP contribution is -2.28. The van der Waals surface area contributed by atoms with E-state index in [1.54, 1.807) is 12.1 Å². The Labute approximate surface area is 121 Å². The summed E-state index contributed by atoms with van der Waals surface area (Å²) in [5.74, 6) is 0.724. The monoisotopic (exact) mass is 277 g/mol. The van der Waals surface area contributed by atoms with Gasteiger partial charge in [-0.15, -0.1) is 0 Å². The van der Waals surface area contributed by atoms with E-state index in [0.717, 1.165) is 25.4 Å². The minimum absolute atomic E-state index is 0.118. The van der Waals surface area contributed by atoms with E-state index in [9.17, 15) is 9.18 Å². The third-order valence-electron chi connectivity index (χ3n) is 3.80. The molecule has 0 aromatic heterocycles. The summed E-state index contributed by atoms with van der Waals surface area (Å²) >= 11 is 0. The molecule has 0 saturated heterocycles. The van der Waals surface area contributed by atoms with Crippen molar-refractivity contribution in [3.05, 3.63) is 35.6 Å². The van der Waals surface area contributed by atoms with Crippen LogP contribution in [0.1, 0.15) is 49.4 Å². The summed E-state index contributed by atoms with van der Waals surface area (Å²) in [4.78, 5) is 14.5. The average Bonchev–Trinajstić information content (AvgIpc) is 3.23. The Balaban J connectivity index is 1.72. The van der Waals surface area contributed by atoms with Crippen LogP contribution in [0.5, 0.6) is 0 Å². The van der Waals surface area contributed by atoms with Crippen molar-refractivity contribution in [2.75, 3.05) is 19.6 Å². The summed E-state index contributed by atoms with van der Waals surface area (Å²) in [5.41, 5.74) is 0.621. The number of hydrogen-bond donors (Lipinski definition) is 0. The molecule has 1 aromatic rings. The number of carbonyl (C=O) groups excluding carboxylic acids is 1. The van der Waals surface area contributed by atoms with Gasteiger partial charge in [0.15, 0.2) is 5.78 Å². The molecule has 110 valence electrons. The van der Waals surface area contributed by atoms with Gasteiger partial charge in [0.25, 0.3) is 0 Å². The number of rotatable bonds is 9. The van der Waals surface area contributed by atoms with Crippen molar-refractivity contribution >= 4 is 5.78 Å². The summed E-state index contributed by atoms with van der Waals surface area (Å²) in [5, 5.41) is 0. The van der Waals surface area contributed by atoms with Gasteiger partial charge in [0.1, 0.15) is 5.82 Å². The van der Waals surface area contributed by atoms with E-state index in [-0.39, 0.29) is 11.6 Å². The maximum atomic E-state index is 12.8. The molecule has 0 bridgehead atoms. The fourth-order valence-electron chi connectivity index (χ4n) is 2.52. The zero-order valence-corrected chi connectivity index (χ0v) is 12.3. The molecule has 3 heteroatoms. The second-order valence-corrected chi connectivity index (χ2v) is 5.78. The Morgan fingerprint density at radius 2 is 1.95 bits per heavy atom. The number of Topliss-reactive ketones (excluding diaryl/α,β-unsaturated/α-hetero) is 1. The van der Waals surface area contributed by atoms with Gasteiger partial charge in [-0.2, -0.15) is 0 Å². The van der Waals surface area contributed by atoms with Gasteiger partial charge in [-0.25, -0.2) is 4.39 Å². The minimum atomic E-state index is -0.292. The van der Waals surface area contributed by atoms with Gasteiger partial charge < -0.3 is 4.90 Å². The molecule has 0 radical (unpaired) electrons. The van der Waals surface area contributed by atoms with Crippen LogP contribution in [-0.4, -0.2) is 30.3 Å². The molecule has 0 N–H and O–H groups in total. The van der Waals surface area contributed by atoms with Crippen LogP contribution in [-0.2, 0) is 0 Å². The molecule has 2 nitrogen and oxygen atoms in total. The van der Waals surface area contributed by atoms with E-state index in [0.29, 0.717) is 12.0 Å². The lowest BCUT2D eigenvalue weighted by molar-refractivity contribution is 0.0974. The summed E-state index contributed by atoms with van der Waals surface area (Å²) < 4.78 is 12.8. The molecule has 20 heavy (non-hydrogen) atoms. The first-order chi connectivity index (χ1) is 9.69. The smallest absolute Gasteiger partial charge is 0.162 e. The van der Waals surface area contributed by atoms with Gasteiger partial charge in [-0.3, -0.25) is 4.79 Å². The fraction of sp³-hybridized carbons (Fsp3) is 0.588. The first-order valence-corrected chi connectivity index (χ1v) is 7.70. The predicted molar refractivity (Wildman–Crippen MR) is 79.4 cm³/mol. The number of ketones is 1. The van der Waals surface area contributed by atoms with Crippen molar-refractivity contribution in [2.24, 2.45) is 5.92 Å². The Morgan fingerprint density at radius 1 is 1.25 bits per heavy atom. The van der Waals surface area contributed by atoms with E-state index in [4.69, 9.17) is 0 Å². The molecule has 0 aliphatic heterocycles. The van der Waals surface area contributed by atoms with Crippen molar-refractivity contribution in [2.45, 2.75) is 39.0 Å². The summed E-state index contributed by atoms with van der Waals surface area (Å²) in [6, 6.07) is 5.85. The van der Waals surface area contributed by atoms with Crippen molar-refractivity contribution in [1.82, 2.24) is 4.90 Å². The second kappa shape index (κ2) is 7.53. The molecule has 0 unspecified atom stereocenters. The largest absolute Gasteiger partial charge is 0.303 e. The van der Waals surface area contributed by atoms with Crippen molar-refractivity contribution in [3.8, 4) is 0 Å². The van der Waals surface area contributed by atoms with Crippen LogP contribution in [0.3, 0.4) is 0 Å². The topological polar surface area (TPSA) is 20.3 Å². The second-order valence-electron chi connectivity index (χ2n) is 5.78. The quantitative estimate of drug-likeness (QED) is 0.638. The number of halogens is 1. The van der Waals surface area contributed by atoms with Crippen molar-refractivity contribution in [1.29, 1.82) is 0 Å². The Bertz CT molecular complexity index is 425. The number of carbonyl (C=O) groups is 1. The van der Waals surface area contributed by atoms with Crippen LogP contribution >= 0.6 is 0 Å². The van der Waals surface area contributed by atoms with Gasteiger partial charge in [-0.1, -0.05) is 6.92 Å². The number of nitrogens with zero attached hydrogens (tertiary/aromatic N) is 1. The lowest BCUT2D eigenvalue weighted by atomic mass is 10.1. The van der Waals surface area contributed by atoms with Gasteiger partial charge in [-0.05, 0) is 69.0 Å². The molecule has 0 amide bonds. The predicted octanol–water partition coefficient (Wildman–Crippen LogP) is 3.91. The summed E-state index contributed by atoms with van der Waals surface area (Å²) in [6.07, 6.45) is 5.35. The molecule has 1 aromatic carbocycles. The van der Waals surface area contributed by atoms with Crippen LogP contribution < -0.4 is 0 Å². The SMILES string of the molecule is CCCN(CCCC(=O)c1ccc(F)cc1)CC1CC1. The lowest BCUT2D eigenvalue weighted by Gasteiger charge is -2.21. The summed E-state index contributed by atoms with van der Waals surface area (Å²) in [7, 11) is 0. The first-order valence-electron chi connectivity index (χ1n) is 7.70. The third kappa shape index (κ3) is 5.04. The highest BCUT2D eigenvalue weighted by molar-refractivity contribution is 5.95. The molecule has 0 spiro atoms. The molecular formula is C17H24FNO. The van der Waals surface area contributed by atoms with Gasteiger partial charge in [0.05, 0.1) is 0 Å². The molecule has 0 heterocycles. The number of benzene rings is 1. The molecule has 1 aliphatic carbocycles. The van der Waals surface area contributed by atoms with Crippen LogP contribution in [0, 0.1) is 11.7 Å². The Kier molecular flexibility index (Phi) is 5.72. The van der Waals surface area contributed by atoms with Crippen molar-refractivity contribution in [3.63, 3.8) is 0 Å². The van der Waals surface area contributed by atoms with Crippen LogP contribution in [0.15, 0.2) is 24.3 Å². The minimum Gasteiger partial charge on any atom is -0.303 e. The molecule has 1 aliphatic rings. The van der Waals surface area contributed by atoms with Gasteiger partial charge in [0.2, 0.25) is 0 Å². The maximum absolute atomic E-state index is 12.8.